The summed E-state index contributed by atoms with van der Waals surface area (Å²) in [4.78, 5) is 30.4. The van der Waals surface area contributed by atoms with Crippen LogP contribution < -0.4 is 11.0 Å². The van der Waals surface area contributed by atoms with Crippen molar-refractivity contribution >= 4 is 28.4 Å². The molecule has 7 nitrogen and oxygen atoms in total. The number of aryl methyl sites for hydroxylation is 1. The normalized spacial score (nSPS) is 15.2. The number of nitrogens with zero attached hydrogens (tertiary/aromatic N) is 3. The van der Waals surface area contributed by atoms with Crippen LogP contribution in [0.4, 0.5) is 4.79 Å². The average Bonchev–Trinajstić information content (AvgIpc) is 3.30. The number of aromatic nitrogens is 3. The number of carbonyl (C=O) groups excluding carboxylic acids is 1. The smallest absolute Gasteiger partial charge is 0.337 e. The SMILES string of the molecule is CCc1nc(CNC(=O)n2c(=O)n(CC3CCOCC3)c3ccccc32)cs1. The Balaban J connectivity index is 1.59. The first kappa shape index (κ1) is 18.9. The van der Waals surface area contributed by atoms with E-state index in [0.29, 0.717) is 24.5 Å². The highest BCUT2D eigenvalue weighted by Gasteiger charge is 2.22. The van der Waals surface area contributed by atoms with Gasteiger partial charge in [0, 0.05) is 25.1 Å². The number of amides is 1. The van der Waals surface area contributed by atoms with Gasteiger partial charge in [-0.15, -0.1) is 11.3 Å². The molecule has 0 aliphatic carbocycles. The Morgan fingerprint density at radius 1 is 1.29 bits per heavy atom. The molecule has 0 bridgehead atoms. The first-order chi connectivity index (χ1) is 13.7. The fraction of sp³-hybridized carbons (Fsp3) is 0.450. The Labute approximate surface area is 167 Å². The van der Waals surface area contributed by atoms with Crippen LogP contribution in [-0.2, 0) is 24.2 Å². The maximum atomic E-state index is 13.1. The maximum Gasteiger partial charge on any atom is 0.337 e. The van der Waals surface area contributed by atoms with Gasteiger partial charge >= 0.3 is 11.7 Å². The fourth-order valence-electron chi connectivity index (χ4n) is 3.61. The number of benzene rings is 1. The Kier molecular flexibility index (Phi) is 5.59. The lowest BCUT2D eigenvalue weighted by molar-refractivity contribution is 0.0613. The van der Waals surface area contributed by atoms with Gasteiger partial charge in [0.05, 0.1) is 28.3 Å². The monoisotopic (exact) mass is 400 g/mol. The quantitative estimate of drug-likeness (QED) is 0.714. The molecule has 0 atom stereocenters. The molecule has 148 valence electrons. The summed E-state index contributed by atoms with van der Waals surface area (Å²) in [7, 11) is 0. The third-order valence-electron chi connectivity index (χ3n) is 5.14. The minimum Gasteiger partial charge on any atom is -0.381 e. The molecule has 8 heteroatoms. The number of rotatable bonds is 5. The van der Waals surface area contributed by atoms with Crippen LogP contribution in [0.3, 0.4) is 0 Å². The van der Waals surface area contributed by atoms with Crippen molar-refractivity contribution in [3.63, 3.8) is 0 Å². The molecule has 0 unspecified atom stereocenters. The molecule has 1 aromatic carbocycles. The molecule has 4 rings (SSSR count). The largest absolute Gasteiger partial charge is 0.381 e. The number of hydrogen-bond acceptors (Lipinski definition) is 5. The molecule has 0 spiro atoms. The topological polar surface area (TPSA) is 78.2 Å². The molecule has 3 heterocycles. The summed E-state index contributed by atoms with van der Waals surface area (Å²) < 4.78 is 8.38. The highest BCUT2D eigenvalue weighted by Crippen LogP contribution is 2.20. The van der Waals surface area contributed by atoms with Crippen molar-refractivity contribution in [3.05, 3.63) is 50.8 Å². The van der Waals surface area contributed by atoms with Crippen LogP contribution >= 0.6 is 11.3 Å². The molecule has 1 aliphatic heterocycles. The van der Waals surface area contributed by atoms with Crippen molar-refractivity contribution in [3.8, 4) is 0 Å². The van der Waals surface area contributed by atoms with Gasteiger partial charge < -0.3 is 10.1 Å². The first-order valence-corrected chi connectivity index (χ1v) is 10.5. The summed E-state index contributed by atoms with van der Waals surface area (Å²) >= 11 is 1.58. The van der Waals surface area contributed by atoms with E-state index in [2.05, 4.69) is 10.3 Å². The number of imidazole rings is 1. The summed E-state index contributed by atoms with van der Waals surface area (Å²) in [5.41, 5.74) is 1.94. The van der Waals surface area contributed by atoms with Crippen LogP contribution in [0.25, 0.3) is 11.0 Å². The third kappa shape index (κ3) is 3.74. The predicted molar refractivity (Wildman–Crippen MR) is 109 cm³/mol. The molecule has 1 saturated heterocycles. The number of carbonyl (C=O) groups is 1. The molecule has 2 aromatic heterocycles. The summed E-state index contributed by atoms with van der Waals surface area (Å²) in [5.74, 6) is 0.385. The predicted octanol–water partition coefficient (Wildman–Crippen LogP) is 3.01. The van der Waals surface area contributed by atoms with Crippen LogP contribution in [0.2, 0.25) is 0 Å². The van der Waals surface area contributed by atoms with Crippen LogP contribution in [0.5, 0.6) is 0 Å². The maximum absolute atomic E-state index is 13.1. The number of nitrogens with one attached hydrogen (secondary N) is 1. The van der Waals surface area contributed by atoms with Gasteiger partial charge in [-0.25, -0.2) is 19.1 Å². The number of thiazole rings is 1. The molecule has 1 fully saturated rings. The zero-order valence-corrected chi connectivity index (χ0v) is 16.7. The molecule has 0 radical (unpaired) electrons. The van der Waals surface area contributed by atoms with E-state index in [-0.39, 0.29) is 5.69 Å². The van der Waals surface area contributed by atoms with Gasteiger partial charge in [-0.05, 0) is 37.3 Å². The minimum atomic E-state index is -0.419. The zero-order chi connectivity index (χ0) is 19.5. The van der Waals surface area contributed by atoms with E-state index >= 15 is 0 Å². The van der Waals surface area contributed by atoms with Gasteiger partial charge in [0.2, 0.25) is 0 Å². The molecular formula is C20H24N4O3S. The Morgan fingerprint density at radius 2 is 2.04 bits per heavy atom. The highest BCUT2D eigenvalue weighted by atomic mass is 32.1. The molecule has 3 aromatic rings. The van der Waals surface area contributed by atoms with E-state index in [4.69, 9.17) is 4.74 Å². The number of ether oxygens (including phenoxy) is 1. The van der Waals surface area contributed by atoms with Gasteiger partial charge in [-0.1, -0.05) is 19.1 Å². The number of hydrogen-bond donors (Lipinski definition) is 1. The van der Waals surface area contributed by atoms with Crippen molar-refractivity contribution in [1.29, 1.82) is 0 Å². The van der Waals surface area contributed by atoms with Crippen LogP contribution in [0.15, 0.2) is 34.4 Å². The summed E-state index contributed by atoms with van der Waals surface area (Å²) in [6.45, 7) is 4.42. The van der Waals surface area contributed by atoms with Gasteiger partial charge in [0.15, 0.2) is 0 Å². The minimum absolute atomic E-state index is 0.294. The van der Waals surface area contributed by atoms with Crippen molar-refractivity contribution in [1.82, 2.24) is 19.4 Å². The molecule has 1 aliphatic rings. The summed E-state index contributed by atoms with van der Waals surface area (Å²) in [5, 5.41) is 5.81. The van der Waals surface area contributed by atoms with Crippen LogP contribution in [-0.4, -0.2) is 33.4 Å². The van der Waals surface area contributed by atoms with E-state index in [1.54, 1.807) is 15.9 Å². The fourth-order valence-corrected chi connectivity index (χ4v) is 4.35. The Hall–Kier alpha value is -2.45. The van der Waals surface area contributed by atoms with Crippen molar-refractivity contribution in [2.75, 3.05) is 13.2 Å². The molecule has 1 N–H and O–H groups in total. The van der Waals surface area contributed by atoms with Gasteiger partial charge in [-0.2, -0.15) is 0 Å². The van der Waals surface area contributed by atoms with Crippen molar-refractivity contribution < 1.29 is 9.53 Å². The lowest BCUT2D eigenvalue weighted by Crippen LogP contribution is -2.37. The second kappa shape index (κ2) is 8.28. The molecule has 0 saturated carbocycles. The molecule has 28 heavy (non-hydrogen) atoms. The second-order valence-electron chi connectivity index (χ2n) is 7.02. The Morgan fingerprint density at radius 3 is 2.75 bits per heavy atom. The second-order valence-corrected chi connectivity index (χ2v) is 7.96. The van der Waals surface area contributed by atoms with Crippen LogP contribution in [0, 0.1) is 5.92 Å². The number of fused-ring (bicyclic) bond motifs is 1. The molecule has 1 amide bonds. The zero-order valence-electron chi connectivity index (χ0n) is 15.9. The van der Waals surface area contributed by atoms with E-state index in [1.165, 1.54) is 4.57 Å². The molecular weight excluding hydrogens is 376 g/mol. The van der Waals surface area contributed by atoms with E-state index in [9.17, 15) is 9.59 Å². The average molecular weight is 401 g/mol. The van der Waals surface area contributed by atoms with E-state index in [1.807, 2.05) is 36.6 Å². The summed E-state index contributed by atoms with van der Waals surface area (Å²) in [6.07, 6.45) is 2.74. The standard InChI is InChI=1S/C20H24N4O3S/c1-2-18-22-15(13-28-18)11-21-19(25)24-17-6-4-3-5-16(17)23(20(24)26)12-14-7-9-27-10-8-14/h3-6,13-14H,2,7-12H2,1H3,(H,21,25). The highest BCUT2D eigenvalue weighted by molar-refractivity contribution is 7.09. The number of para-hydroxylation sites is 2. The van der Waals surface area contributed by atoms with Gasteiger partial charge in [0.1, 0.15) is 0 Å². The Bertz CT molecular complexity index is 1030. The lowest BCUT2D eigenvalue weighted by atomic mass is 10.0. The van der Waals surface area contributed by atoms with E-state index in [0.717, 1.165) is 48.7 Å². The van der Waals surface area contributed by atoms with Gasteiger partial charge in [0.25, 0.3) is 0 Å². The van der Waals surface area contributed by atoms with Crippen molar-refractivity contribution in [2.45, 2.75) is 39.3 Å². The lowest BCUT2D eigenvalue weighted by Gasteiger charge is -2.22. The third-order valence-corrected chi connectivity index (χ3v) is 6.18. The van der Waals surface area contributed by atoms with E-state index < -0.39 is 6.03 Å². The van der Waals surface area contributed by atoms with Crippen LogP contribution in [0.1, 0.15) is 30.5 Å². The van der Waals surface area contributed by atoms with Gasteiger partial charge in [-0.3, -0.25) is 4.57 Å². The first-order valence-electron chi connectivity index (χ1n) is 9.67. The summed E-state index contributed by atoms with van der Waals surface area (Å²) in [6, 6.07) is 7.03. The van der Waals surface area contributed by atoms with Crippen molar-refractivity contribution in [2.24, 2.45) is 5.92 Å².